The molecular formula is C14H18F3NO. The van der Waals surface area contributed by atoms with Crippen molar-refractivity contribution in [1.82, 2.24) is 0 Å². The van der Waals surface area contributed by atoms with Crippen LogP contribution in [0.4, 0.5) is 18.9 Å². The van der Waals surface area contributed by atoms with Crippen LogP contribution in [0.1, 0.15) is 31.2 Å². The fraction of sp³-hybridized carbons (Fsp3) is 0.571. The average molecular weight is 273 g/mol. The van der Waals surface area contributed by atoms with Gasteiger partial charge in [-0.1, -0.05) is 12.1 Å². The van der Waals surface area contributed by atoms with Crippen LogP contribution in [0, 0.1) is 5.92 Å². The first kappa shape index (κ1) is 14.2. The van der Waals surface area contributed by atoms with E-state index in [0.717, 1.165) is 11.3 Å². The van der Waals surface area contributed by atoms with Gasteiger partial charge in [0.2, 0.25) is 0 Å². The molecule has 1 aromatic carbocycles. The predicted molar refractivity (Wildman–Crippen MR) is 67.8 cm³/mol. The molecular weight excluding hydrogens is 255 g/mol. The van der Waals surface area contributed by atoms with E-state index in [2.05, 4.69) is 5.32 Å². The summed E-state index contributed by atoms with van der Waals surface area (Å²) < 4.78 is 37.6. The summed E-state index contributed by atoms with van der Waals surface area (Å²) >= 11 is 0. The van der Waals surface area contributed by atoms with Crippen molar-refractivity contribution in [2.75, 3.05) is 5.32 Å². The van der Waals surface area contributed by atoms with Gasteiger partial charge in [0.15, 0.2) is 0 Å². The number of alkyl halides is 3. The lowest BCUT2D eigenvalue weighted by Crippen LogP contribution is -2.32. The first-order chi connectivity index (χ1) is 8.99. The van der Waals surface area contributed by atoms with Crippen LogP contribution in [-0.2, 0) is 6.61 Å². The highest BCUT2D eigenvalue weighted by Crippen LogP contribution is 2.38. The van der Waals surface area contributed by atoms with Crippen LogP contribution < -0.4 is 5.32 Å². The molecule has 0 atom stereocenters. The summed E-state index contributed by atoms with van der Waals surface area (Å²) in [6, 6.07) is 7.43. The van der Waals surface area contributed by atoms with E-state index in [1.807, 2.05) is 24.3 Å². The van der Waals surface area contributed by atoms with E-state index < -0.39 is 12.1 Å². The van der Waals surface area contributed by atoms with Gasteiger partial charge in [-0.25, -0.2) is 0 Å². The van der Waals surface area contributed by atoms with Gasteiger partial charge < -0.3 is 10.4 Å². The van der Waals surface area contributed by atoms with Gasteiger partial charge in [0.1, 0.15) is 0 Å². The molecule has 0 spiro atoms. The Balaban J connectivity index is 1.88. The number of halogens is 3. The molecule has 0 heterocycles. The minimum Gasteiger partial charge on any atom is -0.392 e. The Kier molecular flexibility index (Phi) is 4.34. The number of anilines is 1. The SMILES string of the molecule is OCc1cccc(NC2CCC(C(F)(F)F)CC2)c1. The van der Waals surface area contributed by atoms with Crippen LogP contribution in [0.2, 0.25) is 0 Å². The van der Waals surface area contributed by atoms with E-state index in [-0.39, 0.29) is 25.5 Å². The molecule has 0 radical (unpaired) electrons. The number of hydrogen-bond donors (Lipinski definition) is 2. The quantitative estimate of drug-likeness (QED) is 0.880. The van der Waals surface area contributed by atoms with E-state index in [9.17, 15) is 13.2 Å². The van der Waals surface area contributed by atoms with Crippen molar-refractivity contribution in [3.8, 4) is 0 Å². The fourth-order valence-electron chi connectivity index (χ4n) is 2.56. The summed E-state index contributed by atoms with van der Waals surface area (Å²) in [5, 5.41) is 12.3. The molecule has 106 valence electrons. The van der Waals surface area contributed by atoms with Gasteiger partial charge in [-0.15, -0.1) is 0 Å². The zero-order valence-corrected chi connectivity index (χ0v) is 10.6. The molecule has 0 amide bonds. The van der Waals surface area contributed by atoms with Gasteiger partial charge in [-0.05, 0) is 43.4 Å². The van der Waals surface area contributed by atoms with Crippen LogP contribution >= 0.6 is 0 Å². The number of rotatable bonds is 3. The topological polar surface area (TPSA) is 32.3 Å². The highest BCUT2D eigenvalue weighted by molar-refractivity contribution is 5.46. The second-order valence-electron chi connectivity index (χ2n) is 5.09. The molecule has 0 aromatic heterocycles. The van der Waals surface area contributed by atoms with Crippen molar-refractivity contribution < 1.29 is 18.3 Å². The summed E-state index contributed by atoms with van der Waals surface area (Å²) in [6.07, 6.45) is -2.59. The summed E-state index contributed by atoms with van der Waals surface area (Å²) in [7, 11) is 0. The Morgan fingerprint density at radius 3 is 2.42 bits per heavy atom. The summed E-state index contributed by atoms with van der Waals surface area (Å²) in [5.41, 5.74) is 1.66. The van der Waals surface area contributed by atoms with Crippen molar-refractivity contribution in [2.24, 2.45) is 5.92 Å². The van der Waals surface area contributed by atoms with Crippen molar-refractivity contribution in [3.63, 3.8) is 0 Å². The number of aliphatic hydroxyl groups excluding tert-OH is 1. The molecule has 5 heteroatoms. The second-order valence-corrected chi connectivity index (χ2v) is 5.09. The van der Waals surface area contributed by atoms with Gasteiger partial charge in [0.25, 0.3) is 0 Å². The van der Waals surface area contributed by atoms with Gasteiger partial charge in [0.05, 0.1) is 12.5 Å². The number of nitrogens with one attached hydrogen (secondary N) is 1. The molecule has 1 aliphatic carbocycles. The van der Waals surface area contributed by atoms with Crippen LogP contribution in [-0.4, -0.2) is 17.3 Å². The largest absolute Gasteiger partial charge is 0.392 e. The Hall–Kier alpha value is -1.23. The Morgan fingerprint density at radius 2 is 1.84 bits per heavy atom. The third-order valence-corrected chi connectivity index (χ3v) is 3.67. The molecule has 2 rings (SSSR count). The van der Waals surface area contributed by atoms with Crippen molar-refractivity contribution in [1.29, 1.82) is 0 Å². The number of aliphatic hydroxyl groups is 1. The Labute approximate surface area is 110 Å². The van der Waals surface area contributed by atoms with Crippen LogP contribution in [0.5, 0.6) is 0 Å². The highest BCUT2D eigenvalue weighted by Gasteiger charge is 2.41. The van der Waals surface area contributed by atoms with Crippen molar-refractivity contribution in [2.45, 2.75) is 44.5 Å². The lowest BCUT2D eigenvalue weighted by atomic mass is 9.85. The first-order valence-electron chi connectivity index (χ1n) is 6.52. The zero-order chi connectivity index (χ0) is 13.9. The normalized spacial score (nSPS) is 24.2. The Bertz CT molecular complexity index is 411. The monoisotopic (exact) mass is 273 g/mol. The smallest absolute Gasteiger partial charge is 0.391 e. The number of benzene rings is 1. The highest BCUT2D eigenvalue weighted by atomic mass is 19.4. The van der Waals surface area contributed by atoms with Crippen LogP contribution in [0.15, 0.2) is 24.3 Å². The summed E-state index contributed by atoms with van der Waals surface area (Å²) in [4.78, 5) is 0. The standard InChI is InChI=1S/C14H18F3NO/c15-14(16,17)11-4-6-12(7-5-11)18-13-3-1-2-10(8-13)9-19/h1-3,8,11-12,18-19H,4-7,9H2. The number of hydrogen-bond acceptors (Lipinski definition) is 2. The molecule has 0 saturated heterocycles. The van der Waals surface area contributed by atoms with Crippen LogP contribution in [0.3, 0.4) is 0 Å². The maximum Gasteiger partial charge on any atom is 0.391 e. The second kappa shape index (κ2) is 5.82. The van der Waals surface area contributed by atoms with E-state index in [4.69, 9.17) is 5.11 Å². The maximum atomic E-state index is 12.5. The Morgan fingerprint density at radius 1 is 1.16 bits per heavy atom. The molecule has 2 nitrogen and oxygen atoms in total. The average Bonchev–Trinajstić information content (AvgIpc) is 2.38. The lowest BCUT2D eigenvalue weighted by Gasteiger charge is -2.30. The summed E-state index contributed by atoms with van der Waals surface area (Å²) in [5.74, 6) is -1.14. The molecule has 1 aromatic rings. The molecule has 0 unspecified atom stereocenters. The minimum absolute atomic E-state index is 0.0314. The lowest BCUT2D eigenvalue weighted by molar-refractivity contribution is -0.182. The molecule has 0 aliphatic heterocycles. The maximum absolute atomic E-state index is 12.5. The van der Waals surface area contributed by atoms with Gasteiger partial charge in [-0.3, -0.25) is 0 Å². The minimum atomic E-state index is -4.05. The van der Waals surface area contributed by atoms with Crippen molar-refractivity contribution >= 4 is 5.69 Å². The third-order valence-electron chi connectivity index (χ3n) is 3.67. The molecule has 1 fully saturated rings. The third kappa shape index (κ3) is 3.86. The van der Waals surface area contributed by atoms with E-state index >= 15 is 0 Å². The molecule has 0 bridgehead atoms. The first-order valence-corrected chi connectivity index (χ1v) is 6.52. The molecule has 1 aliphatic rings. The fourth-order valence-corrected chi connectivity index (χ4v) is 2.56. The molecule has 2 N–H and O–H groups in total. The van der Waals surface area contributed by atoms with E-state index in [0.29, 0.717) is 12.8 Å². The summed E-state index contributed by atoms with van der Waals surface area (Å²) in [6.45, 7) is -0.0314. The van der Waals surface area contributed by atoms with Gasteiger partial charge >= 0.3 is 6.18 Å². The van der Waals surface area contributed by atoms with E-state index in [1.54, 1.807) is 0 Å². The zero-order valence-electron chi connectivity index (χ0n) is 10.6. The van der Waals surface area contributed by atoms with Crippen LogP contribution in [0.25, 0.3) is 0 Å². The van der Waals surface area contributed by atoms with Crippen molar-refractivity contribution in [3.05, 3.63) is 29.8 Å². The predicted octanol–water partition coefficient (Wildman–Crippen LogP) is 3.71. The van der Waals surface area contributed by atoms with Gasteiger partial charge in [-0.2, -0.15) is 13.2 Å². The molecule has 1 saturated carbocycles. The van der Waals surface area contributed by atoms with Gasteiger partial charge in [0, 0.05) is 11.7 Å². The molecule has 19 heavy (non-hydrogen) atoms. The van der Waals surface area contributed by atoms with E-state index in [1.165, 1.54) is 0 Å².